The summed E-state index contributed by atoms with van der Waals surface area (Å²) >= 11 is 0. The number of halogens is 6. The predicted octanol–water partition coefficient (Wildman–Crippen LogP) is 0.0722. The van der Waals surface area contributed by atoms with Crippen LogP contribution in [0, 0.1) is 6.92 Å². The molecule has 0 N–H and O–H groups in total. The second-order valence-corrected chi connectivity index (χ2v) is 3.11. The van der Waals surface area contributed by atoms with Gasteiger partial charge < -0.3 is 12.9 Å². The van der Waals surface area contributed by atoms with Crippen molar-refractivity contribution < 1.29 is 77.5 Å². The van der Waals surface area contributed by atoms with Gasteiger partial charge in [0.1, 0.15) is 0 Å². The molecule has 0 saturated heterocycles. The molecule has 0 unspecified atom stereocenters. The molecule has 0 atom stereocenters. The molecule has 0 heterocycles. The molecule has 0 saturated carbocycles. The van der Waals surface area contributed by atoms with Crippen molar-refractivity contribution in [1.82, 2.24) is 0 Å². The quantitative estimate of drug-likeness (QED) is 0.498. The van der Waals surface area contributed by atoms with Crippen LogP contribution in [0.1, 0.15) is 11.1 Å². The Morgan fingerprint density at radius 1 is 1.06 bits per heavy atom. The van der Waals surface area contributed by atoms with Crippen molar-refractivity contribution >= 4 is 12.4 Å². The first-order chi connectivity index (χ1) is 6.64. The number of alkyl halides is 3. The van der Waals surface area contributed by atoms with Crippen molar-refractivity contribution in [2.75, 3.05) is 0 Å². The van der Waals surface area contributed by atoms with Crippen LogP contribution in [-0.2, 0) is 6.18 Å². The number of hydrogen-bond donors (Lipinski definition) is 0. The van der Waals surface area contributed by atoms with Crippen molar-refractivity contribution in [2.45, 2.75) is 13.1 Å². The van der Waals surface area contributed by atoms with E-state index in [9.17, 15) is 26.1 Å². The monoisotopic (exact) mass is 266 g/mol. The number of benzene rings is 1. The smallest absolute Gasteiger partial charge is 0.445 e. The summed E-state index contributed by atoms with van der Waals surface area (Å²) in [5.74, 6) is 0. The van der Waals surface area contributed by atoms with Gasteiger partial charge in [-0.25, -0.2) is 0 Å². The van der Waals surface area contributed by atoms with E-state index >= 15 is 0 Å². The minimum absolute atomic E-state index is 0. The third-order valence-corrected chi connectivity index (χ3v) is 1.96. The SMILES string of the molecule is Cc1cccc(C(F)(F)F)c1[B-](F)(F)F.[K+]. The second-order valence-electron chi connectivity index (χ2n) is 3.11. The first-order valence-electron chi connectivity index (χ1n) is 4.00. The fraction of sp³-hybridized carbons (Fsp3) is 0.250. The Balaban J connectivity index is 0.00000225. The molecule has 0 aliphatic heterocycles. The van der Waals surface area contributed by atoms with Crippen molar-refractivity contribution in [3.8, 4) is 0 Å². The molecule has 0 fully saturated rings. The molecule has 16 heavy (non-hydrogen) atoms. The molecular weight excluding hydrogens is 260 g/mol. The van der Waals surface area contributed by atoms with E-state index in [4.69, 9.17) is 0 Å². The van der Waals surface area contributed by atoms with Crippen LogP contribution in [0.25, 0.3) is 0 Å². The van der Waals surface area contributed by atoms with Gasteiger partial charge in [0.05, 0.1) is 0 Å². The summed E-state index contributed by atoms with van der Waals surface area (Å²) in [5.41, 5.74) is -3.57. The van der Waals surface area contributed by atoms with E-state index in [1.165, 1.54) is 0 Å². The molecule has 0 aliphatic carbocycles. The number of aryl methyl sites for hydroxylation is 1. The van der Waals surface area contributed by atoms with Crippen LogP contribution in [0.5, 0.6) is 0 Å². The second kappa shape index (κ2) is 5.43. The van der Waals surface area contributed by atoms with Gasteiger partial charge in [0.2, 0.25) is 0 Å². The standard InChI is InChI=1S/C8H6BF6.K/c1-5-3-2-4-6(8(10,11)12)7(5)9(13,14)15;/h2-4H,1H3;/q-1;+1. The zero-order valence-corrected chi connectivity index (χ0v) is 11.7. The Hall–Kier alpha value is 0.501. The third kappa shape index (κ3) is 3.76. The molecule has 1 aromatic carbocycles. The van der Waals surface area contributed by atoms with Crippen LogP contribution in [0.4, 0.5) is 26.1 Å². The maximum atomic E-state index is 12.4. The van der Waals surface area contributed by atoms with E-state index in [2.05, 4.69) is 0 Å². The van der Waals surface area contributed by atoms with Gasteiger partial charge in [-0.3, -0.25) is 0 Å². The average Bonchev–Trinajstić information content (AvgIpc) is 1.99. The maximum Gasteiger partial charge on any atom is 1.00 e. The van der Waals surface area contributed by atoms with Crippen LogP contribution in [0.15, 0.2) is 18.2 Å². The Morgan fingerprint density at radius 3 is 1.88 bits per heavy atom. The minimum atomic E-state index is -5.65. The van der Waals surface area contributed by atoms with E-state index in [0.717, 1.165) is 19.1 Å². The molecular formula is C8H6BF6K. The Bertz CT molecular complexity index is 370. The Morgan fingerprint density at radius 2 is 1.56 bits per heavy atom. The van der Waals surface area contributed by atoms with Crippen LogP contribution in [0.2, 0.25) is 0 Å². The molecule has 84 valence electrons. The minimum Gasteiger partial charge on any atom is -0.445 e. The van der Waals surface area contributed by atoms with Crippen LogP contribution >= 0.6 is 0 Å². The number of hydrogen-bond acceptors (Lipinski definition) is 0. The largest absolute Gasteiger partial charge is 1.00 e. The zero-order valence-electron chi connectivity index (χ0n) is 8.58. The van der Waals surface area contributed by atoms with Gasteiger partial charge in [-0.1, -0.05) is 29.2 Å². The molecule has 1 aromatic rings. The fourth-order valence-corrected chi connectivity index (χ4v) is 1.36. The maximum absolute atomic E-state index is 12.4. The molecule has 0 spiro atoms. The van der Waals surface area contributed by atoms with E-state index in [0.29, 0.717) is 6.07 Å². The van der Waals surface area contributed by atoms with Crippen molar-refractivity contribution in [3.05, 3.63) is 29.3 Å². The molecule has 0 aromatic heterocycles. The molecule has 0 aliphatic rings. The average molecular weight is 266 g/mol. The Kier molecular flexibility index (Phi) is 5.60. The predicted molar refractivity (Wildman–Crippen MR) is 44.9 cm³/mol. The first kappa shape index (κ1) is 16.5. The summed E-state index contributed by atoms with van der Waals surface area (Å²) in [5, 5.41) is 0. The summed E-state index contributed by atoms with van der Waals surface area (Å²) in [6, 6.07) is 2.42. The molecule has 0 radical (unpaired) electrons. The van der Waals surface area contributed by atoms with E-state index in [1.54, 1.807) is 0 Å². The fourth-order valence-electron chi connectivity index (χ4n) is 1.36. The van der Waals surface area contributed by atoms with Gasteiger partial charge >= 0.3 is 64.5 Å². The topological polar surface area (TPSA) is 0 Å². The normalized spacial score (nSPS) is 12.2. The molecule has 0 bridgehead atoms. The van der Waals surface area contributed by atoms with Gasteiger partial charge in [0, 0.05) is 5.56 Å². The summed E-state index contributed by atoms with van der Waals surface area (Å²) in [6.07, 6.45) is -4.97. The first-order valence-corrected chi connectivity index (χ1v) is 4.00. The van der Waals surface area contributed by atoms with E-state index in [-0.39, 0.29) is 51.4 Å². The summed E-state index contributed by atoms with van der Waals surface area (Å²) < 4.78 is 74.0. The van der Waals surface area contributed by atoms with Gasteiger partial charge in [0.25, 0.3) is 0 Å². The molecule has 0 nitrogen and oxygen atoms in total. The van der Waals surface area contributed by atoms with Gasteiger partial charge in [0.15, 0.2) is 0 Å². The van der Waals surface area contributed by atoms with Gasteiger partial charge in [-0.05, 0) is 6.92 Å². The van der Waals surface area contributed by atoms with Crippen molar-refractivity contribution in [3.63, 3.8) is 0 Å². The summed E-state index contributed by atoms with van der Waals surface area (Å²) in [6.45, 7) is -4.63. The van der Waals surface area contributed by atoms with Gasteiger partial charge in [-0.2, -0.15) is 13.2 Å². The van der Waals surface area contributed by atoms with Crippen LogP contribution < -0.4 is 56.8 Å². The summed E-state index contributed by atoms with van der Waals surface area (Å²) in [4.78, 5) is 0. The van der Waals surface area contributed by atoms with Crippen molar-refractivity contribution in [2.24, 2.45) is 0 Å². The van der Waals surface area contributed by atoms with Crippen molar-refractivity contribution in [1.29, 1.82) is 0 Å². The molecule has 8 heteroatoms. The molecule has 1 rings (SSSR count). The zero-order chi connectivity index (χ0) is 11.9. The third-order valence-electron chi connectivity index (χ3n) is 1.96. The van der Waals surface area contributed by atoms with Crippen LogP contribution in [0.3, 0.4) is 0 Å². The van der Waals surface area contributed by atoms with Gasteiger partial charge in [-0.15, -0.1) is 0 Å². The van der Waals surface area contributed by atoms with E-state index < -0.39 is 29.7 Å². The number of rotatable bonds is 1. The Labute approximate surface area is 131 Å². The van der Waals surface area contributed by atoms with E-state index in [1.807, 2.05) is 0 Å². The summed E-state index contributed by atoms with van der Waals surface area (Å²) in [7, 11) is 0. The van der Waals surface area contributed by atoms with Crippen LogP contribution in [-0.4, -0.2) is 6.98 Å². The molecule has 0 amide bonds.